The van der Waals surface area contributed by atoms with Crippen molar-refractivity contribution in [1.29, 1.82) is 0 Å². The van der Waals surface area contributed by atoms with Crippen LogP contribution in [0.2, 0.25) is 0 Å². The molecule has 2 aromatic carbocycles. The van der Waals surface area contributed by atoms with Crippen LogP contribution in [0.5, 0.6) is 0 Å². The largest absolute Gasteiger partial charge is 0.353 e. The second-order valence-electron chi connectivity index (χ2n) is 8.97. The van der Waals surface area contributed by atoms with E-state index in [1.807, 2.05) is 53.4 Å². The monoisotopic (exact) mass is 447 g/mol. The van der Waals surface area contributed by atoms with Crippen molar-refractivity contribution in [2.24, 2.45) is 0 Å². The van der Waals surface area contributed by atoms with Gasteiger partial charge < -0.3 is 20.9 Å². The molecule has 3 atom stereocenters. The van der Waals surface area contributed by atoms with Crippen molar-refractivity contribution in [1.82, 2.24) is 15.5 Å². The number of nitrogens with zero attached hydrogens (tertiary/aromatic N) is 2. The Labute approximate surface area is 193 Å². The van der Waals surface area contributed by atoms with Crippen molar-refractivity contribution in [2.75, 3.05) is 29.9 Å². The minimum Gasteiger partial charge on any atom is -0.353 e. The first-order valence-electron chi connectivity index (χ1n) is 11.6. The lowest BCUT2D eigenvalue weighted by Crippen LogP contribution is -2.58. The van der Waals surface area contributed by atoms with Crippen LogP contribution in [0.3, 0.4) is 0 Å². The maximum atomic E-state index is 12.9. The van der Waals surface area contributed by atoms with E-state index in [1.54, 1.807) is 0 Å². The molecule has 8 heteroatoms. The Morgan fingerprint density at radius 3 is 2.70 bits per heavy atom. The van der Waals surface area contributed by atoms with Gasteiger partial charge in [0.05, 0.1) is 6.04 Å². The normalized spacial score (nSPS) is 24.1. The van der Waals surface area contributed by atoms with E-state index in [-0.39, 0.29) is 36.0 Å². The molecule has 0 aromatic heterocycles. The first-order chi connectivity index (χ1) is 16.1. The van der Waals surface area contributed by atoms with Gasteiger partial charge in [-0.2, -0.15) is 0 Å². The third kappa shape index (κ3) is 4.57. The van der Waals surface area contributed by atoms with Crippen LogP contribution in [0.4, 0.5) is 16.2 Å². The van der Waals surface area contributed by atoms with E-state index in [0.29, 0.717) is 32.4 Å². The number of carbonyl (C=O) groups excluding carboxylic acids is 3. The van der Waals surface area contributed by atoms with Gasteiger partial charge in [0, 0.05) is 49.5 Å². The highest BCUT2D eigenvalue weighted by atomic mass is 16.2. The molecule has 3 heterocycles. The van der Waals surface area contributed by atoms with E-state index in [2.05, 4.69) is 26.9 Å². The number of anilines is 2. The van der Waals surface area contributed by atoms with E-state index in [1.165, 1.54) is 5.56 Å². The first-order valence-corrected chi connectivity index (χ1v) is 11.6. The topological polar surface area (TPSA) is 93.8 Å². The molecule has 0 saturated carbocycles. The summed E-state index contributed by atoms with van der Waals surface area (Å²) >= 11 is 0. The summed E-state index contributed by atoms with van der Waals surface area (Å²) in [5.41, 5.74) is 2.97. The molecule has 3 unspecified atom stereocenters. The number of para-hydroxylation sites is 2. The Kier molecular flexibility index (Phi) is 6.00. The maximum absolute atomic E-state index is 12.9. The molecule has 172 valence electrons. The van der Waals surface area contributed by atoms with Crippen LogP contribution in [0.25, 0.3) is 0 Å². The number of benzene rings is 2. The molecule has 0 spiro atoms. The molecule has 3 N–H and O–H groups in total. The fourth-order valence-corrected chi connectivity index (χ4v) is 5.24. The van der Waals surface area contributed by atoms with Crippen molar-refractivity contribution >= 4 is 29.2 Å². The molecule has 8 nitrogen and oxygen atoms in total. The molecule has 0 bridgehead atoms. The van der Waals surface area contributed by atoms with Crippen molar-refractivity contribution in [3.63, 3.8) is 0 Å². The quantitative estimate of drug-likeness (QED) is 0.655. The molecule has 5 rings (SSSR count). The molecule has 2 saturated heterocycles. The lowest BCUT2D eigenvalue weighted by molar-refractivity contribution is -0.129. The number of fused-ring (bicyclic) bond motifs is 2. The highest BCUT2D eigenvalue weighted by Gasteiger charge is 2.44. The van der Waals surface area contributed by atoms with Gasteiger partial charge in [0.25, 0.3) is 0 Å². The van der Waals surface area contributed by atoms with Crippen molar-refractivity contribution in [3.05, 3.63) is 60.2 Å². The number of piperazine rings is 1. The zero-order valence-electron chi connectivity index (χ0n) is 18.5. The zero-order chi connectivity index (χ0) is 22.8. The van der Waals surface area contributed by atoms with Crippen molar-refractivity contribution in [2.45, 2.75) is 43.8 Å². The highest BCUT2D eigenvalue weighted by Crippen LogP contribution is 2.30. The SMILES string of the molecule is O=C(Nc1ccccc1)NC1CC2C(=O)NCC(CCC(=O)N3CCc4ccccc43)N2C1. The summed E-state index contributed by atoms with van der Waals surface area (Å²) in [7, 11) is 0. The third-order valence-corrected chi connectivity index (χ3v) is 6.87. The molecule has 4 amide bonds. The summed E-state index contributed by atoms with van der Waals surface area (Å²) < 4.78 is 0. The van der Waals surface area contributed by atoms with Crippen LogP contribution in [-0.2, 0) is 16.0 Å². The van der Waals surface area contributed by atoms with E-state index < -0.39 is 0 Å². The summed E-state index contributed by atoms with van der Waals surface area (Å²) in [5.74, 6) is 0.128. The van der Waals surface area contributed by atoms with Gasteiger partial charge in [0.2, 0.25) is 11.8 Å². The van der Waals surface area contributed by atoms with Gasteiger partial charge in [-0.05, 0) is 43.0 Å². The molecular formula is C25H29N5O3. The summed E-state index contributed by atoms with van der Waals surface area (Å²) in [6.07, 6.45) is 2.58. The molecule has 2 aromatic rings. The summed E-state index contributed by atoms with van der Waals surface area (Å²) in [5, 5.41) is 8.82. The Morgan fingerprint density at radius 2 is 1.85 bits per heavy atom. The van der Waals surface area contributed by atoms with Gasteiger partial charge in [-0.15, -0.1) is 0 Å². The average Bonchev–Trinajstić information content (AvgIpc) is 3.44. The minimum absolute atomic E-state index is 0.00110. The van der Waals surface area contributed by atoms with Crippen molar-refractivity contribution in [3.8, 4) is 0 Å². The van der Waals surface area contributed by atoms with Gasteiger partial charge in [-0.25, -0.2) is 4.79 Å². The number of nitrogens with one attached hydrogen (secondary N) is 3. The molecule has 33 heavy (non-hydrogen) atoms. The Bertz CT molecular complexity index is 1040. The maximum Gasteiger partial charge on any atom is 0.319 e. The summed E-state index contributed by atoms with van der Waals surface area (Å²) in [6.45, 7) is 1.86. The van der Waals surface area contributed by atoms with Gasteiger partial charge in [-0.1, -0.05) is 36.4 Å². The zero-order valence-corrected chi connectivity index (χ0v) is 18.5. The lowest BCUT2D eigenvalue weighted by Gasteiger charge is -2.37. The lowest BCUT2D eigenvalue weighted by atomic mass is 10.0. The standard InChI is InChI=1S/C25H29N5O3/c31-23(29-13-12-17-6-4-5-9-21(17)29)11-10-20-15-26-24(32)22-14-19(16-30(20)22)28-25(33)27-18-7-2-1-3-8-18/h1-9,19-20,22H,10-16H2,(H,26,32)(H2,27,28,33). The predicted octanol–water partition coefficient (Wildman–Crippen LogP) is 2.12. The summed E-state index contributed by atoms with van der Waals surface area (Å²) in [4.78, 5) is 41.9. The highest BCUT2D eigenvalue weighted by molar-refractivity contribution is 5.95. The van der Waals surface area contributed by atoms with Crippen LogP contribution in [0, 0.1) is 0 Å². The fraction of sp³-hybridized carbons (Fsp3) is 0.400. The van der Waals surface area contributed by atoms with Crippen LogP contribution in [0.15, 0.2) is 54.6 Å². The fourth-order valence-electron chi connectivity index (χ4n) is 5.24. The molecule has 0 radical (unpaired) electrons. The number of urea groups is 1. The van der Waals surface area contributed by atoms with Crippen molar-refractivity contribution < 1.29 is 14.4 Å². The van der Waals surface area contributed by atoms with Crippen LogP contribution in [-0.4, -0.2) is 60.5 Å². The Hall–Kier alpha value is -3.39. The molecule has 3 aliphatic rings. The number of amides is 4. The van der Waals surface area contributed by atoms with Crippen LogP contribution < -0.4 is 20.9 Å². The van der Waals surface area contributed by atoms with Gasteiger partial charge in [0.1, 0.15) is 0 Å². The van der Waals surface area contributed by atoms with Crippen LogP contribution in [0.1, 0.15) is 24.8 Å². The number of carbonyl (C=O) groups is 3. The predicted molar refractivity (Wildman–Crippen MR) is 126 cm³/mol. The number of hydrogen-bond donors (Lipinski definition) is 3. The second kappa shape index (κ2) is 9.23. The number of rotatable bonds is 5. The molecule has 3 aliphatic heterocycles. The Morgan fingerprint density at radius 1 is 1.06 bits per heavy atom. The smallest absolute Gasteiger partial charge is 0.319 e. The average molecular weight is 448 g/mol. The first kappa shape index (κ1) is 21.5. The van der Waals surface area contributed by atoms with E-state index in [0.717, 1.165) is 24.3 Å². The van der Waals surface area contributed by atoms with E-state index in [9.17, 15) is 14.4 Å². The van der Waals surface area contributed by atoms with Gasteiger partial charge in [0.15, 0.2) is 0 Å². The van der Waals surface area contributed by atoms with Gasteiger partial charge in [-0.3, -0.25) is 14.5 Å². The minimum atomic E-state index is -0.272. The molecular weight excluding hydrogens is 418 g/mol. The summed E-state index contributed by atoms with van der Waals surface area (Å²) in [6, 6.07) is 16.8. The Balaban J connectivity index is 1.17. The number of hydrogen-bond acceptors (Lipinski definition) is 4. The van der Waals surface area contributed by atoms with Gasteiger partial charge >= 0.3 is 6.03 Å². The van der Waals surface area contributed by atoms with Crippen LogP contribution >= 0.6 is 0 Å². The second-order valence-corrected chi connectivity index (χ2v) is 8.97. The third-order valence-electron chi connectivity index (χ3n) is 6.87. The molecule has 0 aliphatic carbocycles. The van der Waals surface area contributed by atoms with E-state index in [4.69, 9.17) is 0 Å². The molecule has 2 fully saturated rings. The van der Waals surface area contributed by atoms with E-state index >= 15 is 0 Å².